The molecule has 0 radical (unpaired) electrons. The van der Waals surface area contributed by atoms with Crippen molar-refractivity contribution in [3.63, 3.8) is 0 Å². The van der Waals surface area contributed by atoms with E-state index in [2.05, 4.69) is 22.5 Å². The second-order valence-corrected chi connectivity index (χ2v) is 9.18. The van der Waals surface area contributed by atoms with Crippen molar-refractivity contribution >= 4 is 27.9 Å². The molecule has 1 saturated heterocycles. The summed E-state index contributed by atoms with van der Waals surface area (Å²) in [6.07, 6.45) is 0.429. The lowest BCUT2D eigenvalue weighted by Crippen LogP contribution is -2.43. The highest BCUT2D eigenvalue weighted by molar-refractivity contribution is 9.09. The largest absolute Gasteiger partial charge is 0.443 e. The molecule has 0 saturated carbocycles. The Hall–Kier alpha value is -1.82. The van der Waals surface area contributed by atoms with E-state index < -0.39 is 5.60 Å². The zero-order valence-electron chi connectivity index (χ0n) is 17.5. The minimum atomic E-state index is -0.551. The average Bonchev–Trinajstić information content (AvgIpc) is 2.61. The summed E-state index contributed by atoms with van der Waals surface area (Å²) < 4.78 is 5.53. The van der Waals surface area contributed by atoms with Gasteiger partial charge in [0.25, 0.3) is 5.91 Å². The SMILES string of the molecule is C=C1C(c2ccc(C(=O)N(CC)CC)cc2)C(Br)CCN1C(=O)OC(C)(C)C. The van der Waals surface area contributed by atoms with Crippen molar-refractivity contribution in [3.8, 4) is 0 Å². The molecule has 0 aromatic heterocycles. The van der Waals surface area contributed by atoms with Crippen LogP contribution < -0.4 is 0 Å². The summed E-state index contributed by atoms with van der Waals surface area (Å²) in [6, 6.07) is 7.63. The molecule has 2 unspecified atom stereocenters. The number of nitrogens with zero attached hydrogens (tertiary/aromatic N) is 2. The maximum Gasteiger partial charge on any atom is 0.414 e. The van der Waals surface area contributed by atoms with E-state index in [9.17, 15) is 9.59 Å². The van der Waals surface area contributed by atoms with Gasteiger partial charge in [0, 0.05) is 41.6 Å². The van der Waals surface area contributed by atoms with Gasteiger partial charge in [0.05, 0.1) is 0 Å². The highest BCUT2D eigenvalue weighted by atomic mass is 79.9. The minimum Gasteiger partial charge on any atom is -0.443 e. The lowest BCUT2D eigenvalue weighted by Gasteiger charge is -2.39. The normalized spacial score (nSPS) is 20.1. The molecule has 0 N–H and O–H groups in total. The fourth-order valence-electron chi connectivity index (χ4n) is 3.39. The first-order valence-corrected chi connectivity index (χ1v) is 10.7. The first kappa shape index (κ1) is 22.5. The van der Waals surface area contributed by atoms with Crippen molar-refractivity contribution in [1.29, 1.82) is 0 Å². The first-order chi connectivity index (χ1) is 13.1. The highest BCUT2D eigenvalue weighted by Crippen LogP contribution is 2.39. The van der Waals surface area contributed by atoms with Crippen LogP contribution in [0.25, 0.3) is 0 Å². The molecule has 2 rings (SSSR count). The van der Waals surface area contributed by atoms with Gasteiger partial charge in [-0.15, -0.1) is 0 Å². The number of rotatable bonds is 4. The van der Waals surface area contributed by atoms with E-state index in [0.29, 0.717) is 30.9 Å². The third-order valence-electron chi connectivity index (χ3n) is 4.88. The van der Waals surface area contributed by atoms with Crippen LogP contribution in [0, 0.1) is 0 Å². The smallest absolute Gasteiger partial charge is 0.414 e. The summed E-state index contributed by atoms with van der Waals surface area (Å²) in [6.45, 7) is 15.6. The maximum absolute atomic E-state index is 12.6. The van der Waals surface area contributed by atoms with E-state index in [1.54, 1.807) is 9.80 Å². The molecule has 1 heterocycles. The molecule has 1 aromatic carbocycles. The third kappa shape index (κ3) is 5.16. The van der Waals surface area contributed by atoms with Crippen LogP contribution in [-0.2, 0) is 4.74 Å². The Balaban J connectivity index is 2.21. The van der Waals surface area contributed by atoms with Crippen LogP contribution in [0.5, 0.6) is 0 Å². The number of ether oxygens (including phenoxy) is 1. The number of alkyl halides is 1. The van der Waals surface area contributed by atoms with Gasteiger partial charge in [0.1, 0.15) is 5.60 Å². The van der Waals surface area contributed by atoms with E-state index >= 15 is 0 Å². The summed E-state index contributed by atoms with van der Waals surface area (Å²) in [5, 5.41) is 0. The summed E-state index contributed by atoms with van der Waals surface area (Å²) >= 11 is 3.75. The number of amides is 2. The molecule has 6 heteroatoms. The number of carbonyl (C=O) groups excluding carboxylic acids is 2. The quantitative estimate of drug-likeness (QED) is 0.594. The monoisotopic (exact) mass is 450 g/mol. The summed E-state index contributed by atoms with van der Waals surface area (Å²) in [5.41, 5.74) is 1.86. The molecule has 1 aliphatic heterocycles. The van der Waals surface area contributed by atoms with Crippen LogP contribution in [0.15, 0.2) is 36.5 Å². The van der Waals surface area contributed by atoms with E-state index in [-0.39, 0.29) is 22.7 Å². The lowest BCUT2D eigenvalue weighted by atomic mass is 9.87. The van der Waals surface area contributed by atoms with E-state index in [0.717, 1.165) is 12.0 Å². The fourth-order valence-corrected chi connectivity index (χ4v) is 4.21. The number of benzene rings is 1. The number of hydrogen-bond acceptors (Lipinski definition) is 3. The Labute approximate surface area is 176 Å². The molecule has 0 aliphatic carbocycles. The Bertz CT molecular complexity index is 720. The Morgan fingerprint density at radius 1 is 1.21 bits per heavy atom. The van der Waals surface area contributed by atoms with Crippen molar-refractivity contribution in [2.24, 2.45) is 0 Å². The van der Waals surface area contributed by atoms with Gasteiger partial charge in [0.2, 0.25) is 0 Å². The minimum absolute atomic E-state index is 0.0322. The number of piperidine rings is 1. The summed E-state index contributed by atoms with van der Waals surface area (Å²) in [5.74, 6) is -0.0244. The second-order valence-electron chi connectivity index (χ2n) is 8.01. The van der Waals surface area contributed by atoms with Gasteiger partial charge >= 0.3 is 6.09 Å². The lowest BCUT2D eigenvalue weighted by molar-refractivity contribution is 0.0281. The van der Waals surface area contributed by atoms with Crippen molar-refractivity contribution in [2.75, 3.05) is 19.6 Å². The van der Waals surface area contributed by atoms with Gasteiger partial charge in [-0.1, -0.05) is 34.6 Å². The van der Waals surface area contributed by atoms with Gasteiger partial charge in [-0.05, 0) is 58.7 Å². The van der Waals surface area contributed by atoms with Gasteiger partial charge < -0.3 is 9.64 Å². The molecule has 28 heavy (non-hydrogen) atoms. The number of likely N-dealkylation sites (tertiary alicyclic amines) is 1. The molecule has 1 fully saturated rings. The molecule has 2 amide bonds. The molecule has 0 bridgehead atoms. The van der Waals surface area contributed by atoms with Crippen molar-refractivity contribution in [1.82, 2.24) is 9.80 Å². The van der Waals surface area contributed by atoms with Crippen LogP contribution in [0.1, 0.15) is 62.9 Å². The van der Waals surface area contributed by atoms with Crippen LogP contribution in [-0.4, -0.2) is 51.9 Å². The van der Waals surface area contributed by atoms with Crippen molar-refractivity contribution < 1.29 is 14.3 Å². The highest BCUT2D eigenvalue weighted by Gasteiger charge is 2.36. The number of carbonyl (C=O) groups is 2. The van der Waals surface area contributed by atoms with Gasteiger partial charge in [-0.2, -0.15) is 0 Å². The number of hydrogen-bond donors (Lipinski definition) is 0. The zero-order chi connectivity index (χ0) is 21.1. The Morgan fingerprint density at radius 3 is 2.29 bits per heavy atom. The van der Waals surface area contributed by atoms with Gasteiger partial charge in [-0.25, -0.2) is 4.79 Å². The standard InChI is InChI=1S/C22H31BrN2O3/c1-7-24(8-2)20(26)17-11-9-16(10-12-17)19-15(3)25(14-13-18(19)23)21(27)28-22(4,5)6/h9-12,18-19H,3,7-8,13-14H2,1-2,4-6H3. The molecule has 1 aromatic rings. The number of allylic oxidation sites excluding steroid dienone is 1. The van der Waals surface area contributed by atoms with Crippen LogP contribution >= 0.6 is 15.9 Å². The van der Waals surface area contributed by atoms with Crippen molar-refractivity contribution in [2.45, 2.75) is 57.4 Å². The van der Waals surface area contributed by atoms with E-state index in [1.165, 1.54) is 0 Å². The predicted octanol–water partition coefficient (Wildman–Crippen LogP) is 5.17. The van der Waals surface area contributed by atoms with Crippen LogP contribution in [0.3, 0.4) is 0 Å². The molecule has 5 nitrogen and oxygen atoms in total. The van der Waals surface area contributed by atoms with Gasteiger partial charge in [-0.3, -0.25) is 9.69 Å². The average molecular weight is 451 g/mol. The third-order valence-corrected chi connectivity index (χ3v) is 5.86. The molecule has 1 aliphatic rings. The fraction of sp³-hybridized carbons (Fsp3) is 0.545. The van der Waals surface area contributed by atoms with Crippen LogP contribution in [0.4, 0.5) is 4.79 Å². The molecular weight excluding hydrogens is 420 g/mol. The topological polar surface area (TPSA) is 49.9 Å². The van der Waals surface area contributed by atoms with Gasteiger partial charge in [0.15, 0.2) is 0 Å². The molecular formula is C22H31BrN2O3. The molecule has 0 spiro atoms. The number of halogens is 1. The van der Waals surface area contributed by atoms with Crippen LogP contribution in [0.2, 0.25) is 0 Å². The summed E-state index contributed by atoms with van der Waals surface area (Å²) in [7, 11) is 0. The summed E-state index contributed by atoms with van der Waals surface area (Å²) in [4.78, 5) is 28.7. The second kappa shape index (κ2) is 9.12. The zero-order valence-corrected chi connectivity index (χ0v) is 19.1. The van der Waals surface area contributed by atoms with Crippen molar-refractivity contribution in [3.05, 3.63) is 47.7 Å². The molecule has 2 atom stereocenters. The van der Waals surface area contributed by atoms with E-state index in [4.69, 9.17) is 4.74 Å². The predicted molar refractivity (Wildman–Crippen MR) is 116 cm³/mol. The first-order valence-electron chi connectivity index (χ1n) is 9.81. The van der Waals surface area contributed by atoms with E-state index in [1.807, 2.05) is 58.9 Å². The Morgan fingerprint density at radius 2 is 1.79 bits per heavy atom. The Kier molecular flexibility index (Phi) is 7.32. The molecule has 154 valence electrons. The maximum atomic E-state index is 12.6.